The van der Waals surface area contributed by atoms with Gasteiger partial charge < -0.3 is 20.1 Å². The maximum atomic E-state index is 13.5. The number of rotatable bonds is 10. The average molecular weight is 471 g/mol. The van der Waals surface area contributed by atoms with Gasteiger partial charge in [-0.2, -0.15) is 12.6 Å². The Hall–Kier alpha value is -2.51. The Morgan fingerprint density at radius 1 is 1.12 bits per heavy atom. The van der Waals surface area contributed by atoms with E-state index in [1.165, 1.54) is 0 Å². The number of carbonyl (C=O) groups is 2. The second-order valence-corrected chi connectivity index (χ2v) is 8.85. The third-order valence-corrected chi connectivity index (χ3v) is 6.92. The smallest absolute Gasteiger partial charge is 0.247 e. The van der Waals surface area contributed by atoms with Gasteiger partial charge in [-0.25, -0.2) is 0 Å². The molecule has 0 radical (unpaired) electrons. The fourth-order valence-corrected chi connectivity index (χ4v) is 4.76. The van der Waals surface area contributed by atoms with E-state index in [4.69, 9.17) is 9.47 Å². The zero-order valence-electron chi connectivity index (χ0n) is 19.4. The molecule has 1 fully saturated rings. The van der Waals surface area contributed by atoms with E-state index in [2.05, 4.69) is 23.3 Å². The molecule has 0 spiro atoms. The van der Waals surface area contributed by atoms with Crippen LogP contribution in [0.15, 0.2) is 54.6 Å². The highest BCUT2D eigenvalue weighted by Crippen LogP contribution is 2.39. The van der Waals surface area contributed by atoms with Crippen LogP contribution in [0.25, 0.3) is 0 Å². The van der Waals surface area contributed by atoms with Gasteiger partial charge in [0, 0.05) is 30.5 Å². The minimum Gasteiger partial charge on any atom is -0.497 e. The van der Waals surface area contributed by atoms with Crippen LogP contribution in [0.5, 0.6) is 5.75 Å². The molecule has 2 amide bonds. The lowest BCUT2D eigenvalue weighted by molar-refractivity contribution is -0.136. The molecule has 1 aliphatic rings. The summed E-state index contributed by atoms with van der Waals surface area (Å²) < 4.78 is 11.0. The summed E-state index contributed by atoms with van der Waals surface area (Å²) in [6.45, 7) is 2.66. The van der Waals surface area contributed by atoms with Gasteiger partial charge in [-0.1, -0.05) is 36.4 Å². The van der Waals surface area contributed by atoms with Crippen LogP contribution in [0.4, 0.5) is 5.69 Å². The molecule has 0 aromatic heterocycles. The zero-order chi connectivity index (χ0) is 23.7. The van der Waals surface area contributed by atoms with Gasteiger partial charge in [-0.05, 0) is 50.3 Å². The number of ether oxygens (including phenoxy) is 2. The maximum Gasteiger partial charge on any atom is 0.247 e. The first-order valence-corrected chi connectivity index (χ1v) is 12.1. The molecule has 3 rings (SSSR count). The van der Waals surface area contributed by atoms with E-state index in [1.54, 1.807) is 19.2 Å². The quantitative estimate of drug-likeness (QED) is 0.454. The highest BCUT2D eigenvalue weighted by molar-refractivity contribution is 7.80. The molecular weight excluding hydrogens is 436 g/mol. The van der Waals surface area contributed by atoms with Crippen molar-refractivity contribution >= 4 is 30.1 Å². The third kappa shape index (κ3) is 6.74. The van der Waals surface area contributed by atoms with Gasteiger partial charge in [0.15, 0.2) is 0 Å². The molecule has 33 heavy (non-hydrogen) atoms. The number of hydrogen-bond donors (Lipinski definition) is 3. The van der Waals surface area contributed by atoms with E-state index in [0.717, 1.165) is 18.4 Å². The molecule has 7 heteroatoms. The van der Waals surface area contributed by atoms with Crippen molar-refractivity contribution in [1.29, 1.82) is 0 Å². The molecule has 1 atom stereocenters. The Morgan fingerprint density at radius 2 is 1.85 bits per heavy atom. The number of nitrogens with one attached hydrogen (secondary N) is 2. The van der Waals surface area contributed by atoms with Gasteiger partial charge >= 0.3 is 0 Å². The number of anilines is 1. The summed E-state index contributed by atoms with van der Waals surface area (Å²) in [7, 11) is 1.58. The van der Waals surface area contributed by atoms with Gasteiger partial charge in [-0.15, -0.1) is 0 Å². The second kappa shape index (κ2) is 12.1. The minimum absolute atomic E-state index is 0.117. The Bertz CT molecular complexity index is 914. The largest absolute Gasteiger partial charge is 0.497 e. The van der Waals surface area contributed by atoms with E-state index >= 15 is 0 Å². The lowest BCUT2D eigenvalue weighted by atomic mass is 9.73. The number of methoxy groups -OCH3 is 1. The topological polar surface area (TPSA) is 76.7 Å². The summed E-state index contributed by atoms with van der Waals surface area (Å²) in [6.07, 6.45) is 3.62. The summed E-state index contributed by atoms with van der Waals surface area (Å²) in [5.41, 5.74) is 0.999. The lowest BCUT2D eigenvalue weighted by Gasteiger charge is -2.38. The molecular formula is C26H34N2O4S. The van der Waals surface area contributed by atoms with Crippen LogP contribution < -0.4 is 15.4 Å². The van der Waals surface area contributed by atoms with Crippen molar-refractivity contribution in [2.24, 2.45) is 5.41 Å². The van der Waals surface area contributed by atoms with Crippen molar-refractivity contribution in [3.8, 4) is 5.75 Å². The lowest BCUT2D eigenvalue weighted by Crippen LogP contribution is -2.53. The highest BCUT2D eigenvalue weighted by Gasteiger charge is 2.42. The second-order valence-electron chi connectivity index (χ2n) is 8.53. The Labute approximate surface area is 201 Å². The van der Waals surface area contributed by atoms with Gasteiger partial charge in [0.25, 0.3) is 0 Å². The van der Waals surface area contributed by atoms with Crippen molar-refractivity contribution in [2.45, 2.75) is 51.2 Å². The number of benzene rings is 2. The summed E-state index contributed by atoms with van der Waals surface area (Å²) in [5, 5.41) is 5.98. The van der Waals surface area contributed by atoms with Crippen LogP contribution in [0.3, 0.4) is 0 Å². The SMILES string of the molecule is CCO[C@H]1CC[C@@](CS)(C(=O)N[C@@H](Cc2ccccc2)C(=O)Nc2cccc(OC)c2)CC1. The Morgan fingerprint density at radius 3 is 2.48 bits per heavy atom. The van der Waals surface area contributed by atoms with E-state index in [1.807, 2.05) is 49.4 Å². The number of carbonyl (C=O) groups excluding carboxylic acids is 2. The highest BCUT2D eigenvalue weighted by atomic mass is 32.1. The molecule has 2 aromatic carbocycles. The van der Waals surface area contributed by atoms with Crippen molar-refractivity contribution in [3.63, 3.8) is 0 Å². The third-order valence-electron chi connectivity index (χ3n) is 6.32. The summed E-state index contributed by atoms with van der Waals surface area (Å²) >= 11 is 4.53. The monoisotopic (exact) mass is 470 g/mol. The van der Waals surface area contributed by atoms with Crippen LogP contribution in [0.2, 0.25) is 0 Å². The average Bonchev–Trinajstić information content (AvgIpc) is 2.85. The molecule has 178 valence electrons. The zero-order valence-corrected chi connectivity index (χ0v) is 20.3. The maximum absolute atomic E-state index is 13.5. The Balaban J connectivity index is 1.75. The van der Waals surface area contributed by atoms with Crippen molar-refractivity contribution in [2.75, 3.05) is 24.8 Å². The number of thiol groups is 1. The molecule has 0 aliphatic heterocycles. The summed E-state index contributed by atoms with van der Waals surface area (Å²) in [6, 6.07) is 16.2. The molecule has 2 N–H and O–H groups in total. The van der Waals surface area contributed by atoms with E-state index in [9.17, 15) is 9.59 Å². The van der Waals surface area contributed by atoms with Gasteiger partial charge in [-0.3, -0.25) is 9.59 Å². The standard InChI is InChI=1S/C26H34N2O4S/c1-3-32-21-12-14-26(18-33,15-13-21)25(30)28-23(16-19-8-5-4-6-9-19)24(29)27-20-10-7-11-22(17-20)31-2/h4-11,17,21,23,33H,3,12-16,18H2,1-2H3,(H,27,29)(H,28,30)/t21-,23-,26+/m0/s1. The van der Waals surface area contributed by atoms with Crippen LogP contribution in [-0.4, -0.2) is 43.4 Å². The molecule has 0 unspecified atom stereocenters. The molecule has 0 saturated heterocycles. The molecule has 1 aliphatic carbocycles. The molecule has 6 nitrogen and oxygen atoms in total. The van der Waals surface area contributed by atoms with Gasteiger partial charge in [0.2, 0.25) is 11.8 Å². The fourth-order valence-electron chi connectivity index (χ4n) is 4.30. The Kier molecular flexibility index (Phi) is 9.21. The molecule has 0 heterocycles. The summed E-state index contributed by atoms with van der Waals surface area (Å²) in [4.78, 5) is 26.7. The van der Waals surface area contributed by atoms with Crippen LogP contribution in [0, 0.1) is 5.41 Å². The number of amides is 2. The van der Waals surface area contributed by atoms with Gasteiger partial charge in [0.1, 0.15) is 11.8 Å². The first-order valence-electron chi connectivity index (χ1n) is 11.5. The van der Waals surface area contributed by atoms with Crippen LogP contribution in [0.1, 0.15) is 38.2 Å². The van der Waals surface area contributed by atoms with Crippen molar-refractivity contribution in [1.82, 2.24) is 5.32 Å². The fraction of sp³-hybridized carbons (Fsp3) is 0.462. The van der Waals surface area contributed by atoms with E-state index in [-0.39, 0.29) is 17.9 Å². The van der Waals surface area contributed by atoms with E-state index < -0.39 is 11.5 Å². The molecule has 2 aromatic rings. The predicted octanol–water partition coefficient (Wildman–Crippen LogP) is 4.26. The minimum atomic E-state index is -0.715. The van der Waals surface area contributed by atoms with Crippen LogP contribution >= 0.6 is 12.6 Å². The number of hydrogen-bond acceptors (Lipinski definition) is 5. The van der Waals surface area contributed by atoms with Crippen molar-refractivity contribution in [3.05, 3.63) is 60.2 Å². The molecule has 1 saturated carbocycles. The first-order chi connectivity index (χ1) is 16.0. The predicted molar refractivity (Wildman–Crippen MR) is 134 cm³/mol. The summed E-state index contributed by atoms with van der Waals surface area (Å²) in [5.74, 6) is 0.705. The van der Waals surface area contributed by atoms with Crippen molar-refractivity contribution < 1.29 is 19.1 Å². The normalized spacial score (nSPS) is 21.1. The molecule has 0 bridgehead atoms. The van der Waals surface area contributed by atoms with E-state index in [0.29, 0.717) is 43.1 Å². The van der Waals surface area contributed by atoms with Crippen LogP contribution in [-0.2, 0) is 20.7 Å². The first kappa shape index (κ1) is 25.1. The van der Waals surface area contributed by atoms with Gasteiger partial charge in [0.05, 0.1) is 18.6 Å².